The third kappa shape index (κ3) is 1.28. The molecule has 0 bridgehead atoms. The number of methoxy groups -OCH3 is 1. The molecule has 3 rings (SSSR count). The first kappa shape index (κ1) is 11.1. The zero-order chi connectivity index (χ0) is 12.9. The molecule has 0 unspecified atom stereocenters. The summed E-state index contributed by atoms with van der Waals surface area (Å²) in [6.07, 6.45) is 0.782. The Morgan fingerprint density at radius 2 is 2.22 bits per heavy atom. The molecular weight excluding hydrogens is 243 g/mol. The molecule has 1 aromatic carbocycles. The molecule has 0 aromatic heterocycles. The summed E-state index contributed by atoms with van der Waals surface area (Å²) in [6, 6.07) is 1.37. The van der Waals surface area contributed by atoms with E-state index in [1.807, 2.05) is 0 Å². The van der Waals surface area contributed by atoms with Gasteiger partial charge in [0.05, 0.1) is 18.1 Å². The second-order valence-corrected chi connectivity index (χ2v) is 4.39. The fourth-order valence-electron chi connectivity index (χ4n) is 2.27. The molecule has 1 N–H and O–H groups in total. The Morgan fingerprint density at radius 3 is 2.78 bits per heavy atom. The topological polar surface area (TPSA) is 65.0 Å². The van der Waals surface area contributed by atoms with E-state index in [9.17, 15) is 14.3 Å². The van der Waals surface area contributed by atoms with Crippen LogP contribution in [0.2, 0.25) is 0 Å². The molecule has 0 saturated heterocycles. The van der Waals surface area contributed by atoms with Crippen LogP contribution in [0.15, 0.2) is 6.07 Å². The zero-order valence-electron chi connectivity index (χ0n) is 9.66. The molecule has 0 radical (unpaired) electrons. The van der Waals surface area contributed by atoms with Crippen LogP contribution in [0.1, 0.15) is 18.4 Å². The first-order valence-electron chi connectivity index (χ1n) is 5.50. The minimum atomic E-state index is -1.20. The molecule has 1 fully saturated rings. The van der Waals surface area contributed by atoms with Gasteiger partial charge >= 0.3 is 5.97 Å². The molecule has 5 nitrogen and oxygen atoms in total. The fraction of sp³-hybridized carbons (Fsp3) is 0.417. The average molecular weight is 254 g/mol. The van der Waals surface area contributed by atoms with Crippen LogP contribution < -0.4 is 14.2 Å². The molecule has 1 saturated carbocycles. The van der Waals surface area contributed by atoms with Crippen LogP contribution in [-0.2, 0) is 10.2 Å². The summed E-state index contributed by atoms with van der Waals surface area (Å²) >= 11 is 0. The van der Waals surface area contributed by atoms with E-state index in [0.717, 1.165) is 0 Å². The average Bonchev–Trinajstić information content (AvgIpc) is 3.01. The quantitative estimate of drug-likeness (QED) is 0.889. The normalized spacial score (nSPS) is 18.6. The number of hydrogen-bond acceptors (Lipinski definition) is 4. The fourth-order valence-corrected chi connectivity index (χ4v) is 2.27. The lowest BCUT2D eigenvalue weighted by Crippen LogP contribution is -2.22. The number of hydrogen-bond donors (Lipinski definition) is 1. The second-order valence-electron chi connectivity index (χ2n) is 4.39. The largest absolute Gasteiger partial charge is 0.494 e. The molecular formula is C12H11FO5. The first-order chi connectivity index (χ1) is 8.60. The maximum Gasteiger partial charge on any atom is 0.314 e. The zero-order valence-corrected chi connectivity index (χ0v) is 9.66. The molecule has 1 aliphatic heterocycles. The number of rotatable bonds is 3. The third-order valence-electron chi connectivity index (χ3n) is 3.42. The van der Waals surface area contributed by atoms with Crippen molar-refractivity contribution in [3.63, 3.8) is 0 Å². The van der Waals surface area contributed by atoms with Gasteiger partial charge in [0, 0.05) is 6.07 Å². The first-order valence-corrected chi connectivity index (χ1v) is 5.50. The van der Waals surface area contributed by atoms with Crippen LogP contribution >= 0.6 is 0 Å². The summed E-state index contributed by atoms with van der Waals surface area (Å²) in [4.78, 5) is 11.3. The van der Waals surface area contributed by atoms with Crippen LogP contribution in [0.25, 0.3) is 0 Å². The van der Waals surface area contributed by atoms with E-state index >= 15 is 0 Å². The number of carbonyl (C=O) groups is 1. The molecule has 1 heterocycles. The summed E-state index contributed by atoms with van der Waals surface area (Å²) in [5, 5.41) is 9.27. The number of halogens is 1. The van der Waals surface area contributed by atoms with Crippen LogP contribution in [-0.4, -0.2) is 25.0 Å². The number of benzene rings is 1. The van der Waals surface area contributed by atoms with E-state index < -0.39 is 17.2 Å². The van der Waals surface area contributed by atoms with E-state index in [4.69, 9.17) is 14.2 Å². The van der Waals surface area contributed by atoms with Gasteiger partial charge in [0.1, 0.15) is 0 Å². The molecule has 18 heavy (non-hydrogen) atoms. The standard InChI is InChI=1S/C12H11FO5/c1-16-6-4-7-10(18-5-17-7)8(9(6)13)12(2-3-12)11(14)15/h4H,2-3,5H2,1H3,(H,14,15). The SMILES string of the molecule is COc1cc2c(c(C3(C(=O)O)CC3)c1F)OCO2. The number of carboxylic acid groups (broad SMARTS) is 1. The van der Waals surface area contributed by atoms with Crippen molar-refractivity contribution in [1.29, 1.82) is 0 Å². The van der Waals surface area contributed by atoms with Gasteiger partial charge in [0.2, 0.25) is 6.79 Å². The monoisotopic (exact) mass is 254 g/mol. The van der Waals surface area contributed by atoms with Gasteiger partial charge in [-0.25, -0.2) is 4.39 Å². The molecule has 96 valence electrons. The number of carboxylic acids is 1. The van der Waals surface area contributed by atoms with Crippen molar-refractivity contribution < 1.29 is 28.5 Å². The number of ether oxygens (including phenoxy) is 3. The predicted octanol–water partition coefficient (Wildman–Crippen LogP) is 1.68. The Labute approximate surface area is 102 Å². The number of fused-ring (bicyclic) bond motifs is 1. The minimum Gasteiger partial charge on any atom is -0.494 e. The van der Waals surface area contributed by atoms with Gasteiger partial charge in [-0.1, -0.05) is 0 Å². The Morgan fingerprint density at radius 1 is 1.50 bits per heavy atom. The maximum absolute atomic E-state index is 14.3. The summed E-state index contributed by atoms with van der Waals surface area (Å²) in [5.74, 6) is -1.24. The molecule has 1 aromatic rings. The van der Waals surface area contributed by atoms with Crippen molar-refractivity contribution in [2.24, 2.45) is 0 Å². The van der Waals surface area contributed by atoms with Gasteiger partial charge in [0.25, 0.3) is 0 Å². The van der Waals surface area contributed by atoms with Crippen molar-refractivity contribution in [3.05, 3.63) is 17.4 Å². The Kier molecular flexibility index (Phi) is 2.17. The molecule has 0 atom stereocenters. The number of aliphatic carboxylic acids is 1. The molecule has 1 aliphatic carbocycles. The summed E-state index contributed by atoms with van der Waals surface area (Å²) in [5.41, 5.74) is -1.15. The summed E-state index contributed by atoms with van der Waals surface area (Å²) in [6.45, 7) is -0.0371. The molecule has 6 heteroatoms. The maximum atomic E-state index is 14.3. The van der Waals surface area contributed by atoms with Crippen molar-refractivity contribution in [3.8, 4) is 17.2 Å². The van der Waals surface area contributed by atoms with Gasteiger partial charge in [-0.05, 0) is 12.8 Å². The summed E-state index contributed by atoms with van der Waals surface area (Å²) < 4.78 is 29.6. The molecule has 0 spiro atoms. The highest BCUT2D eigenvalue weighted by molar-refractivity contribution is 5.87. The van der Waals surface area contributed by atoms with Crippen LogP contribution in [0, 0.1) is 5.82 Å². The third-order valence-corrected chi connectivity index (χ3v) is 3.42. The van der Waals surface area contributed by atoms with Gasteiger partial charge in [0.15, 0.2) is 23.1 Å². The minimum absolute atomic E-state index is 0.0261. The molecule has 0 amide bonds. The smallest absolute Gasteiger partial charge is 0.314 e. The van der Waals surface area contributed by atoms with E-state index in [1.54, 1.807) is 0 Å². The Hall–Kier alpha value is -1.98. The highest BCUT2D eigenvalue weighted by atomic mass is 19.1. The van der Waals surface area contributed by atoms with Crippen LogP contribution in [0.5, 0.6) is 17.2 Å². The lowest BCUT2D eigenvalue weighted by molar-refractivity contribution is -0.140. The Bertz CT molecular complexity index is 535. The molecule has 2 aliphatic rings. The van der Waals surface area contributed by atoms with E-state index in [-0.39, 0.29) is 23.9 Å². The van der Waals surface area contributed by atoms with Gasteiger partial charge in [-0.15, -0.1) is 0 Å². The lowest BCUT2D eigenvalue weighted by atomic mass is 9.93. The lowest BCUT2D eigenvalue weighted by Gasteiger charge is -2.16. The second kappa shape index (κ2) is 3.51. The van der Waals surface area contributed by atoms with Gasteiger partial charge < -0.3 is 19.3 Å². The predicted molar refractivity (Wildman–Crippen MR) is 57.6 cm³/mol. The van der Waals surface area contributed by atoms with E-state index in [2.05, 4.69) is 0 Å². The summed E-state index contributed by atoms with van der Waals surface area (Å²) in [7, 11) is 1.32. The van der Waals surface area contributed by atoms with Crippen LogP contribution in [0.3, 0.4) is 0 Å². The van der Waals surface area contributed by atoms with Gasteiger partial charge in [-0.3, -0.25) is 4.79 Å². The van der Waals surface area contributed by atoms with Gasteiger partial charge in [-0.2, -0.15) is 0 Å². The van der Waals surface area contributed by atoms with Crippen molar-refractivity contribution in [2.45, 2.75) is 18.3 Å². The highest BCUT2D eigenvalue weighted by Gasteiger charge is 2.56. The van der Waals surface area contributed by atoms with Crippen LogP contribution in [0.4, 0.5) is 4.39 Å². The van der Waals surface area contributed by atoms with E-state index in [1.165, 1.54) is 13.2 Å². The van der Waals surface area contributed by atoms with Crippen molar-refractivity contribution >= 4 is 5.97 Å². The highest BCUT2D eigenvalue weighted by Crippen LogP contribution is 2.57. The Balaban J connectivity index is 2.25. The van der Waals surface area contributed by atoms with Crippen molar-refractivity contribution in [1.82, 2.24) is 0 Å². The van der Waals surface area contributed by atoms with Crippen molar-refractivity contribution in [2.75, 3.05) is 13.9 Å². The van der Waals surface area contributed by atoms with E-state index in [0.29, 0.717) is 18.6 Å².